The molecule has 17 nitrogen and oxygen atoms in total. The van der Waals surface area contributed by atoms with Gasteiger partial charge in [0, 0.05) is 47.3 Å². The van der Waals surface area contributed by atoms with Crippen LogP contribution in [-0.4, -0.2) is 170 Å². The fourth-order valence-corrected chi connectivity index (χ4v) is 7.31. The van der Waals surface area contributed by atoms with Gasteiger partial charge in [0.2, 0.25) is 35.4 Å². The molecule has 1 aliphatic rings. The van der Waals surface area contributed by atoms with E-state index in [-0.39, 0.29) is 24.2 Å². The highest BCUT2D eigenvalue weighted by molar-refractivity contribution is 6.01. The maximum atomic E-state index is 14.5. The monoisotopic (exact) mass is 796 g/mol. The van der Waals surface area contributed by atoms with E-state index in [1.165, 1.54) is 54.7 Å². The fraction of sp³-hybridized carbons (Fsp3) is 0.821. The fourth-order valence-electron chi connectivity index (χ4n) is 7.31. The van der Waals surface area contributed by atoms with Gasteiger partial charge in [-0.25, -0.2) is 4.79 Å². The number of carbonyl (C=O) groups is 7. The van der Waals surface area contributed by atoms with E-state index in [9.17, 15) is 33.6 Å². The Morgan fingerprint density at radius 1 is 0.643 bits per heavy atom. The van der Waals surface area contributed by atoms with Gasteiger partial charge in [-0.1, -0.05) is 55.4 Å². The number of nitrogens with two attached hydrogens (primary N) is 1. The number of nitrogens with one attached hydrogen (secondary N) is 3. The zero-order valence-electron chi connectivity index (χ0n) is 36.7. The van der Waals surface area contributed by atoms with E-state index in [4.69, 9.17) is 10.5 Å². The highest BCUT2D eigenvalue weighted by Gasteiger charge is 2.43. The second-order valence-corrected chi connectivity index (χ2v) is 16.7. The Morgan fingerprint density at radius 2 is 1.11 bits per heavy atom. The average Bonchev–Trinajstić information content (AvgIpc) is 3.11. The third-order valence-corrected chi connectivity index (χ3v) is 10.6. The molecule has 0 aromatic carbocycles. The molecule has 8 amide bonds. The minimum absolute atomic E-state index is 0.0410. The molecule has 17 heteroatoms. The summed E-state index contributed by atoms with van der Waals surface area (Å²) in [5.41, 5.74) is 5.88. The second kappa shape index (κ2) is 22.8. The largest absolute Gasteiger partial charge is 0.379 e. The number of urea groups is 1. The van der Waals surface area contributed by atoms with Gasteiger partial charge in [-0.05, 0) is 57.4 Å². The van der Waals surface area contributed by atoms with Crippen molar-refractivity contribution in [2.75, 3.05) is 61.5 Å². The van der Waals surface area contributed by atoms with E-state index in [0.29, 0.717) is 32.7 Å². The van der Waals surface area contributed by atoms with Gasteiger partial charge in [0.25, 0.3) is 0 Å². The van der Waals surface area contributed by atoms with Crippen LogP contribution in [-0.2, 0) is 33.5 Å². The molecule has 1 unspecified atom stereocenters. The highest BCUT2D eigenvalue weighted by atomic mass is 16.5. The molecule has 0 aromatic rings. The summed E-state index contributed by atoms with van der Waals surface area (Å²) in [4.78, 5) is 102. The summed E-state index contributed by atoms with van der Waals surface area (Å²) in [7, 11) is 7.61. The Morgan fingerprint density at radius 3 is 1.55 bits per heavy atom. The van der Waals surface area contributed by atoms with E-state index in [1.807, 2.05) is 39.5 Å². The molecule has 1 heterocycles. The van der Waals surface area contributed by atoms with Gasteiger partial charge in [-0.2, -0.15) is 0 Å². The van der Waals surface area contributed by atoms with Crippen molar-refractivity contribution >= 4 is 41.5 Å². The van der Waals surface area contributed by atoms with Gasteiger partial charge in [0.1, 0.15) is 30.2 Å². The molecule has 7 atom stereocenters. The van der Waals surface area contributed by atoms with Crippen LogP contribution in [0.3, 0.4) is 0 Å². The third-order valence-electron chi connectivity index (χ3n) is 10.6. The van der Waals surface area contributed by atoms with Crippen molar-refractivity contribution < 1.29 is 38.3 Å². The smallest absolute Gasteiger partial charge is 0.318 e. The summed E-state index contributed by atoms with van der Waals surface area (Å²) < 4.78 is 5.46. The summed E-state index contributed by atoms with van der Waals surface area (Å²) in [5.74, 6) is -3.96. The number of hydrogen-bond donors (Lipinski definition) is 4. The molecule has 1 aliphatic heterocycles. The van der Waals surface area contributed by atoms with Crippen LogP contribution in [0.4, 0.5) is 4.79 Å². The number of carbonyl (C=O) groups excluding carboxylic acids is 7. The topological polar surface area (TPSA) is 207 Å². The first-order valence-corrected chi connectivity index (χ1v) is 19.9. The molecule has 1 rings (SSSR count). The molecule has 56 heavy (non-hydrogen) atoms. The van der Waals surface area contributed by atoms with Crippen molar-refractivity contribution in [2.45, 2.75) is 124 Å². The van der Waals surface area contributed by atoms with Crippen LogP contribution < -0.4 is 21.7 Å². The second-order valence-electron chi connectivity index (χ2n) is 16.7. The normalized spacial score (nSPS) is 17.3. The van der Waals surface area contributed by atoms with Crippen molar-refractivity contribution in [3.05, 3.63) is 0 Å². The standard InChI is InChI=1S/C39H73N9O8/c1-22(2)20-28(41-11)35(51)43-34(50)26(9)42-39(55)47(15)31(25(7)8)37(53)44(12)29(21-23(3)4)36(52)45(13)30(24(5)6)38(54)46(14)32(33(40)49)27(10)48-16-18-56-19-17-48/h22-32,41H,16-21H2,1-15H3,(H2,40,49)(H,42,55)(H,43,50,51)/t26-,27?,28+,29+,30+,31-,32-/m1/s1. The Bertz CT molecular complexity index is 1350. The SMILES string of the molecule is CN[C@@H](CC(C)C)C(=O)NC(=O)[C@@H](C)NC(=O)N(C)[C@@H](C(=O)N(C)[C@@H](CC(C)C)C(=O)N(C)[C@H](C(=O)N(C)[C@@H](C(N)=O)C(C)N1CCOCC1)C(C)C)C(C)C. The zero-order chi connectivity index (χ0) is 43.4. The number of ether oxygens (including phenoxy) is 1. The Kier molecular flexibility index (Phi) is 20.4. The first-order valence-electron chi connectivity index (χ1n) is 19.9. The molecule has 0 saturated carbocycles. The maximum Gasteiger partial charge on any atom is 0.318 e. The van der Waals surface area contributed by atoms with Crippen molar-refractivity contribution in [3.8, 4) is 0 Å². The van der Waals surface area contributed by atoms with Gasteiger partial charge in [-0.15, -0.1) is 0 Å². The van der Waals surface area contributed by atoms with E-state index in [0.717, 1.165) is 0 Å². The van der Waals surface area contributed by atoms with Crippen LogP contribution in [0.5, 0.6) is 0 Å². The van der Waals surface area contributed by atoms with Crippen LogP contribution in [0.25, 0.3) is 0 Å². The quantitative estimate of drug-likeness (QED) is 0.136. The van der Waals surface area contributed by atoms with Crippen LogP contribution in [0, 0.1) is 23.7 Å². The van der Waals surface area contributed by atoms with Gasteiger partial charge >= 0.3 is 6.03 Å². The predicted molar refractivity (Wildman–Crippen MR) is 215 cm³/mol. The van der Waals surface area contributed by atoms with Gasteiger partial charge < -0.3 is 40.7 Å². The summed E-state index contributed by atoms with van der Waals surface area (Å²) in [6.07, 6.45) is 0.769. The molecule has 0 spiro atoms. The van der Waals surface area contributed by atoms with E-state index in [1.54, 1.807) is 34.7 Å². The Hall–Kier alpha value is -3.83. The number of amides is 8. The van der Waals surface area contributed by atoms with E-state index in [2.05, 4.69) is 16.0 Å². The first-order chi connectivity index (χ1) is 25.9. The van der Waals surface area contributed by atoms with E-state index < -0.39 is 89.7 Å². The highest BCUT2D eigenvalue weighted by Crippen LogP contribution is 2.23. The van der Waals surface area contributed by atoms with Gasteiger partial charge in [-0.3, -0.25) is 39.0 Å². The Labute approximate surface area is 335 Å². The zero-order valence-corrected chi connectivity index (χ0v) is 36.7. The van der Waals surface area contributed by atoms with Gasteiger partial charge in [0.15, 0.2) is 0 Å². The van der Waals surface area contributed by atoms with E-state index >= 15 is 0 Å². The molecule has 5 N–H and O–H groups in total. The summed E-state index contributed by atoms with van der Waals surface area (Å²) in [5, 5.41) is 7.83. The number of imide groups is 1. The number of morpholine rings is 1. The summed E-state index contributed by atoms with van der Waals surface area (Å²) in [6, 6.07) is -6.84. The molecule has 0 aromatic heterocycles. The van der Waals surface area contributed by atoms with Crippen molar-refractivity contribution in [3.63, 3.8) is 0 Å². The van der Waals surface area contributed by atoms with Gasteiger partial charge in [0.05, 0.1) is 19.3 Å². The third kappa shape index (κ3) is 13.7. The van der Waals surface area contributed by atoms with Crippen molar-refractivity contribution in [2.24, 2.45) is 29.4 Å². The maximum absolute atomic E-state index is 14.5. The lowest BCUT2D eigenvalue weighted by atomic mass is 9.95. The number of nitrogens with zero attached hydrogens (tertiary/aromatic N) is 5. The lowest BCUT2D eigenvalue weighted by molar-refractivity contribution is -0.155. The van der Waals surface area contributed by atoms with Crippen LogP contribution in [0.1, 0.15) is 82.1 Å². The summed E-state index contributed by atoms with van der Waals surface area (Å²) >= 11 is 0. The molecular weight excluding hydrogens is 722 g/mol. The molecule has 0 aliphatic carbocycles. The van der Waals surface area contributed by atoms with Crippen molar-refractivity contribution in [1.82, 2.24) is 40.4 Å². The number of likely N-dealkylation sites (N-methyl/N-ethyl adjacent to an activating group) is 5. The Balaban J connectivity index is 3.32. The van der Waals surface area contributed by atoms with Crippen molar-refractivity contribution in [1.29, 1.82) is 0 Å². The lowest BCUT2D eigenvalue weighted by Crippen LogP contribution is -2.63. The predicted octanol–water partition coefficient (Wildman–Crippen LogP) is 0.707. The average molecular weight is 796 g/mol. The van der Waals surface area contributed by atoms with Crippen LogP contribution >= 0.6 is 0 Å². The molecule has 1 saturated heterocycles. The minimum Gasteiger partial charge on any atom is -0.379 e. The molecule has 0 bridgehead atoms. The minimum atomic E-state index is -1.11. The molecule has 1 fully saturated rings. The molecular formula is C39H73N9O8. The first kappa shape index (κ1) is 50.2. The number of hydrogen-bond acceptors (Lipinski definition) is 10. The number of primary amides is 1. The lowest BCUT2D eigenvalue weighted by Gasteiger charge is -2.43. The van der Waals surface area contributed by atoms with Crippen LogP contribution in [0.2, 0.25) is 0 Å². The molecule has 0 radical (unpaired) electrons. The summed E-state index contributed by atoms with van der Waals surface area (Å²) in [6.45, 7) is 20.3. The number of rotatable bonds is 20. The van der Waals surface area contributed by atoms with Crippen LogP contribution in [0.15, 0.2) is 0 Å². The molecule has 322 valence electrons.